The van der Waals surface area contributed by atoms with Gasteiger partial charge in [0.15, 0.2) is 6.29 Å². The quantitative estimate of drug-likeness (QED) is 0.844. The van der Waals surface area contributed by atoms with Crippen LogP contribution in [0.2, 0.25) is 0 Å². The average molecular weight is 285 g/mol. The van der Waals surface area contributed by atoms with Crippen molar-refractivity contribution in [3.8, 4) is 6.07 Å². The fraction of sp³-hybridized carbons (Fsp3) is 0.364. The Morgan fingerprint density at radius 2 is 2.06 bits per heavy atom. The number of methoxy groups -OCH3 is 2. The molecule has 0 aliphatic rings. The molecule has 1 aromatic rings. The van der Waals surface area contributed by atoms with Crippen molar-refractivity contribution in [2.45, 2.75) is 6.29 Å². The van der Waals surface area contributed by atoms with Crippen molar-refractivity contribution in [2.75, 3.05) is 26.1 Å². The van der Waals surface area contributed by atoms with E-state index in [4.69, 9.17) is 14.7 Å². The largest absolute Gasteiger partial charge is 0.380 e. The molecule has 0 fully saturated rings. The molecule has 86 valence electrons. The minimum Gasteiger partial charge on any atom is -0.380 e. The van der Waals surface area contributed by atoms with E-state index in [0.717, 1.165) is 10.2 Å². The summed E-state index contributed by atoms with van der Waals surface area (Å²) in [6.45, 7) is 0.522. The van der Waals surface area contributed by atoms with Crippen molar-refractivity contribution in [1.82, 2.24) is 0 Å². The maximum Gasteiger partial charge on any atom is 0.173 e. The fourth-order valence-electron chi connectivity index (χ4n) is 1.22. The summed E-state index contributed by atoms with van der Waals surface area (Å²) in [7, 11) is 3.16. The van der Waals surface area contributed by atoms with Gasteiger partial charge in [-0.2, -0.15) is 5.26 Å². The minimum absolute atomic E-state index is 0.301. The average Bonchev–Trinajstić information content (AvgIpc) is 2.29. The zero-order chi connectivity index (χ0) is 12.0. The van der Waals surface area contributed by atoms with Gasteiger partial charge >= 0.3 is 0 Å². The molecule has 1 aromatic carbocycles. The van der Waals surface area contributed by atoms with Gasteiger partial charge in [0.05, 0.1) is 18.2 Å². The van der Waals surface area contributed by atoms with Crippen LogP contribution in [0.5, 0.6) is 0 Å². The molecule has 0 aliphatic carbocycles. The van der Waals surface area contributed by atoms with Crippen LogP contribution in [0.1, 0.15) is 5.56 Å². The number of halogens is 1. The molecular formula is C11H13BrN2O2. The van der Waals surface area contributed by atoms with E-state index in [-0.39, 0.29) is 6.29 Å². The molecule has 0 saturated heterocycles. The van der Waals surface area contributed by atoms with Crippen LogP contribution in [0.25, 0.3) is 0 Å². The fourth-order valence-corrected chi connectivity index (χ4v) is 1.71. The molecule has 0 saturated carbocycles. The number of benzene rings is 1. The van der Waals surface area contributed by atoms with E-state index in [9.17, 15) is 0 Å². The Hall–Kier alpha value is -1.09. The lowest BCUT2D eigenvalue weighted by molar-refractivity contribution is -0.0914. The van der Waals surface area contributed by atoms with Crippen molar-refractivity contribution in [3.05, 3.63) is 28.2 Å². The molecule has 0 amide bonds. The molecule has 0 aromatic heterocycles. The third kappa shape index (κ3) is 3.81. The van der Waals surface area contributed by atoms with Crippen molar-refractivity contribution in [2.24, 2.45) is 0 Å². The summed E-state index contributed by atoms with van der Waals surface area (Å²) in [5, 5.41) is 11.9. The van der Waals surface area contributed by atoms with Crippen molar-refractivity contribution >= 4 is 21.6 Å². The maximum atomic E-state index is 8.81. The van der Waals surface area contributed by atoms with Gasteiger partial charge < -0.3 is 14.8 Å². The molecule has 0 aliphatic heterocycles. The molecule has 0 radical (unpaired) electrons. The molecule has 0 heterocycles. The van der Waals surface area contributed by atoms with Gasteiger partial charge in [-0.05, 0) is 18.2 Å². The van der Waals surface area contributed by atoms with E-state index in [0.29, 0.717) is 12.1 Å². The Balaban J connectivity index is 2.67. The molecule has 4 nitrogen and oxygen atoms in total. The van der Waals surface area contributed by atoms with Gasteiger partial charge in [0.1, 0.15) is 0 Å². The molecule has 16 heavy (non-hydrogen) atoms. The van der Waals surface area contributed by atoms with Crippen molar-refractivity contribution < 1.29 is 9.47 Å². The summed E-state index contributed by atoms with van der Waals surface area (Å²) in [6, 6.07) is 7.51. The molecular weight excluding hydrogens is 272 g/mol. The Labute approximate surface area is 103 Å². The van der Waals surface area contributed by atoms with E-state index < -0.39 is 0 Å². The number of hydrogen-bond acceptors (Lipinski definition) is 4. The van der Waals surface area contributed by atoms with E-state index in [1.807, 2.05) is 6.07 Å². The van der Waals surface area contributed by atoms with Gasteiger partial charge in [0, 0.05) is 24.4 Å². The highest BCUT2D eigenvalue weighted by molar-refractivity contribution is 9.10. The molecule has 5 heteroatoms. The van der Waals surface area contributed by atoms with E-state index >= 15 is 0 Å². The molecule has 0 bridgehead atoms. The van der Waals surface area contributed by atoms with Gasteiger partial charge in [-0.1, -0.05) is 15.9 Å². The van der Waals surface area contributed by atoms with Crippen LogP contribution in [0, 0.1) is 11.3 Å². The molecule has 0 atom stereocenters. The standard InChI is InChI=1S/C11H13BrN2O2/c1-15-11(16-2)7-14-10-4-8(6-13)3-9(12)5-10/h3-5,11,14H,7H2,1-2H3. The summed E-state index contributed by atoms with van der Waals surface area (Å²) < 4.78 is 11.0. The predicted octanol–water partition coefficient (Wildman–Crippen LogP) is 2.35. The van der Waals surface area contributed by atoms with E-state index in [1.165, 1.54) is 0 Å². The second-order valence-electron chi connectivity index (χ2n) is 3.12. The summed E-state index contributed by atoms with van der Waals surface area (Å²) in [5.41, 5.74) is 1.45. The smallest absolute Gasteiger partial charge is 0.173 e. The minimum atomic E-state index is -0.301. The highest BCUT2D eigenvalue weighted by Crippen LogP contribution is 2.19. The summed E-state index contributed by atoms with van der Waals surface area (Å²) in [4.78, 5) is 0. The number of anilines is 1. The topological polar surface area (TPSA) is 54.3 Å². The van der Waals surface area contributed by atoms with Crippen LogP contribution in [0.4, 0.5) is 5.69 Å². The number of hydrogen-bond donors (Lipinski definition) is 1. The van der Waals surface area contributed by atoms with E-state index in [1.54, 1.807) is 26.4 Å². The molecule has 0 unspecified atom stereocenters. The van der Waals surface area contributed by atoms with Crippen LogP contribution >= 0.6 is 15.9 Å². The van der Waals surface area contributed by atoms with Crippen LogP contribution in [0.3, 0.4) is 0 Å². The monoisotopic (exact) mass is 284 g/mol. The summed E-state index contributed by atoms with van der Waals surface area (Å²) >= 11 is 3.34. The second-order valence-corrected chi connectivity index (χ2v) is 4.04. The van der Waals surface area contributed by atoms with Gasteiger partial charge in [-0.15, -0.1) is 0 Å². The first kappa shape index (κ1) is 13.0. The highest BCUT2D eigenvalue weighted by Gasteiger charge is 2.05. The number of nitrogens with one attached hydrogen (secondary N) is 1. The Bertz CT molecular complexity index is 386. The summed E-state index contributed by atoms with van der Waals surface area (Å²) in [5.74, 6) is 0. The Kier molecular flexibility index (Phi) is 5.26. The molecule has 1 rings (SSSR count). The normalized spacial score (nSPS) is 10.2. The number of nitriles is 1. The van der Waals surface area contributed by atoms with Crippen molar-refractivity contribution in [1.29, 1.82) is 5.26 Å². The Morgan fingerprint density at radius 3 is 2.62 bits per heavy atom. The zero-order valence-electron chi connectivity index (χ0n) is 9.16. The third-order valence-electron chi connectivity index (χ3n) is 2.03. The third-order valence-corrected chi connectivity index (χ3v) is 2.48. The molecule has 0 spiro atoms. The first-order valence-electron chi connectivity index (χ1n) is 4.69. The van der Waals surface area contributed by atoms with Crippen LogP contribution in [-0.4, -0.2) is 27.1 Å². The number of rotatable bonds is 5. The molecule has 1 N–H and O–H groups in total. The first-order valence-corrected chi connectivity index (χ1v) is 5.49. The predicted molar refractivity (Wildman–Crippen MR) is 65.2 cm³/mol. The zero-order valence-corrected chi connectivity index (χ0v) is 10.7. The number of ether oxygens (including phenoxy) is 2. The SMILES string of the molecule is COC(CNc1cc(Br)cc(C#N)c1)OC. The van der Waals surface area contributed by atoms with Crippen LogP contribution in [0.15, 0.2) is 22.7 Å². The van der Waals surface area contributed by atoms with Crippen LogP contribution in [-0.2, 0) is 9.47 Å². The lowest BCUT2D eigenvalue weighted by atomic mass is 10.2. The lowest BCUT2D eigenvalue weighted by Gasteiger charge is -2.15. The second kappa shape index (κ2) is 6.48. The maximum absolute atomic E-state index is 8.81. The van der Waals surface area contributed by atoms with E-state index in [2.05, 4.69) is 27.3 Å². The summed E-state index contributed by atoms with van der Waals surface area (Å²) in [6.07, 6.45) is -0.301. The van der Waals surface area contributed by atoms with Gasteiger partial charge in [-0.3, -0.25) is 0 Å². The highest BCUT2D eigenvalue weighted by atomic mass is 79.9. The van der Waals surface area contributed by atoms with Crippen LogP contribution < -0.4 is 5.32 Å². The Morgan fingerprint density at radius 1 is 1.38 bits per heavy atom. The lowest BCUT2D eigenvalue weighted by Crippen LogP contribution is -2.23. The van der Waals surface area contributed by atoms with Crippen molar-refractivity contribution in [3.63, 3.8) is 0 Å². The van der Waals surface area contributed by atoms with Gasteiger partial charge in [-0.25, -0.2) is 0 Å². The first-order chi connectivity index (χ1) is 7.69. The van der Waals surface area contributed by atoms with Gasteiger partial charge in [0.2, 0.25) is 0 Å². The van der Waals surface area contributed by atoms with Gasteiger partial charge in [0.25, 0.3) is 0 Å². The number of nitrogens with zero attached hydrogens (tertiary/aromatic N) is 1.